The molecule has 0 aromatic heterocycles. The summed E-state index contributed by atoms with van der Waals surface area (Å²) in [5.41, 5.74) is 2.63. The molecule has 0 bridgehead atoms. The Morgan fingerprint density at radius 1 is 0.459 bits per heavy atom. The Morgan fingerprint density at radius 2 is 0.851 bits per heavy atom. The maximum atomic E-state index is 13.8. The van der Waals surface area contributed by atoms with Gasteiger partial charge in [0.25, 0.3) is 11.8 Å². The van der Waals surface area contributed by atoms with Crippen LogP contribution in [0.1, 0.15) is 52.6 Å². The molecule has 14 nitrogen and oxygen atoms in total. The molecule has 0 aliphatic heterocycles. The Kier molecular flexibility index (Phi) is 14.7. The average Bonchev–Trinajstić information content (AvgIpc) is 3.39. The van der Waals surface area contributed by atoms with Crippen LogP contribution in [0.2, 0.25) is 20.1 Å². The van der Waals surface area contributed by atoms with E-state index in [1.807, 2.05) is 0 Å². The number of halogens is 4. The number of azo groups is 2. The van der Waals surface area contributed by atoms with Crippen LogP contribution in [-0.4, -0.2) is 34.0 Å². The number of aromatic hydroxyl groups is 2. The lowest BCUT2D eigenvalue weighted by Crippen LogP contribution is -2.13. The zero-order valence-corrected chi connectivity index (χ0v) is 41.7. The summed E-state index contributed by atoms with van der Waals surface area (Å²) in [5, 5.41) is 49.5. The van der Waals surface area contributed by atoms with Crippen LogP contribution >= 0.6 is 46.4 Å². The first-order valence-corrected chi connectivity index (χ1v) is 23.7. The first-order valence-electron chi connectivity index (χ1n) is 22.2. The maximum absolute atomic E-state index is 13.8. The highest BCUT2D eigenvalue weighted by atomic mass is 35.5. The van der Waals surface area contributed by atoms with E-state index in [1.54, 1.807) is 123 Å². The molecule has 0 fully saturated rings. The van der Waals surface area contributed by atoms with E-state index in [0.717, 1.165) is 0 Å². The number of rotatable bonds is 12. The number of hydrogen-bond acceptors (Lipinski definition) is 12. The van der Waals surface area contributed by atoms with Gasteiger partial charge < -0.3 is 30.3 Å². The monoisotopic (exact) mass is 1060 g/mol. The largest absolute Gasteiger partial charge is 0.505 e. The van der Waals surface area contributed by atoms with E-state index in [-0.39, 0.29) is 55.2 Å². The number of anilines is 2. The molecule has 0 saturated heterocycles. The van der Waals surface area contributed by atoms with Gasteiger partial charge in [-0.25, -0.2) is 9.59 Å². The normalized spacial score (nSPS) is 11.3. The van der Waals surface area contributed by atoms with Crippen LogP contribution in [0.3, 0.4) is 0 Å². The Morgan fingerprint density at radius 3 is 1.26 bits per heavy atom. The molecule has 74 heavy (non-hydrogen) atoms. The zero-order chi connectivity index (χ0) is 52.2. The second kappa shape index (κ2) is 21.6. The second-order valence-corrected chi connectivity index (χ2v) is 18.2. The van der Waals surface area contributed by atoms with Crippen molar-refractivity contribution in [3.05, 3.63) is 211 Å². The molecule has 0 heterocycles. The van der Waals surface area contributed by atoms with Crippen LogP contribution in [0.15, 0.2) is 178 Å². The predicted molar refractivity (Wildman–Crippen MR) is 287 cm³/mol. The topological polar surface area (TPSA) is 201 Å². The maximum Gasteiger partial charge on any atom is 0.343 e. The Bertz CT molecular complexity index is 3580. The van der Waals surface area contributed by atoms with Crippen molar-refractivity contribution in [1.29, 1.82) is 0 Å². The molecule has 9 aromatic carbocycles. The van der Waals surface area contributed by atoms with E-state index in [1.165, 1.54) is 48.5 Å². The smallest absolute Gasteiger partial charge is 0.343 e. The summed E-state index contributed by atoms with van der Waals surface area (Å²) in [7, 11) is 0. The molecule has 366 valence electrons. The van der Waals surface area contributed by atoms with Crippen molar-refractivity contribution in [3.8, 4) is 23.0 Å². The van der Waals surface area contributed by atoms with Gasteiger partial charge in [0.05, 0.1) is 43.7 Å². The summed E-state index contributed by atoms with van der Waals surface area (Å²) in [5.74, 6) is -3.51. The highest BCUT2D eigenvalue weighted by molar-refractivity contribution is 6.35. The summed E-state index contributed by atoms with van der Waals surface area (Å²) in [6.07, 6.45) is 0. The second-order valence-electron chi connectivity index (χ2n) is 16.5. The van der Waals surface area contributed by atoms with Gasteiger partial charge in [-0.2, -0.15) is 10.2 Å². The lowest BCUT2D eigenvalue weighted by Gasteiger charge is -2.13. The van der Waals surface area contributed by atoms with Gasteiger partial charge in [0, 0.05) is 44.3 Å². The molecule has 2 amide bonds. The number of benzene rings is 9. The van der Waals surface area contributed by atoms with Crippen molar-refractivity contribution >= 4 is 126 Å². The molecule has 0 radical (unpaired) electrons. The molecular weight excluding hydrogens is 1030 g/mol. The predicted octanol–water partition coefficient (Wildman–Crippen LogP) is 16.4. The zero-order valence-electron chi connectivity index (χ0n) is 38.7. The van der Waals surface area contributed by atoms with Gasteiger partial charge >= 0.3 is 11.9 Å². The van der Waals surface area contributed by atoms with E-state index in [2.05, 4.69) is 31.1 Å². The first-order chi connectivity index (χ1) is 35.6. The number of amides is 2. The third kappa shape index (κ3) is 11.0. The van der Waals surface area contributed by atoms with Crippen LogP contribution < -0.4 is 20.1 Å². The third-order valence-corrected chi connectivity index (χ3v) is 12.6. The van der Waals surface area contributed by atoms with Crippen molar-refractivity contribution in [1.82, 2.24) is 0 Å². The molecule has 18 heteroatoms. The van der Waals surface area contributed by atoms with Gasteiger partial charge in [-0.1, -0.05) is 107 Å². The van der Waals surface area contributed by atoms with Crippen LogP contribution in [-0.2, 0) is 0 Å². The van der Waals surface area contributed by atoms with Crippen molar-refractivity contribution in [3.63, 3.8) is 0 Å². The SMILES string of the molecule is Cc1ccc(C(=O)Oc2cc(Cl)ccc2Cl)cc1N=Nc1c(O)c(C(=O)Nc2ccc(NC(=O)c3cc4ccccc4c(N=Nc4cc(C(=O)Oc5cc(Cl)ccc5Cl)ccc4C)c3O)cc2)cc2ccccc12. The summed E-state index contributed by atoms with van der Waals surface area (Å²) in [4.78, 5) is 53.9. The van der Waals surface area contributed by atoms with Crippen molar-refractivity contribution in [2.24, 2.45) is 20.5 Å². The number of aryl methyl sites for hydroxylation is 2. The fourth-order valence-electron chi connectivity index (χ4n) is 7.54. The number of nitrogens with one attached hydrogen (secondary N) is 2. The average molecular weight is 1060 g/mol. The number of hydrogen-bond donors (Lipinski definition) is 4. The van der Waals surface area contributed by atoms with E-state index in [0.29, 0.717) is 65.5 Å². The number of carbonyl (C=O) groups is 4. The highest BCUT2D eigenvalue weighted by Gasteiger charge is 2.22. The molecule has 0 aliphatic carbocycles. The molecular formula is C56H36Cl4N6O8. The molecule has 0 saturated carbocycles. The minimum absolute atomic E-state index is 0.00825. The van der Waals surface area contributed by atoms with Crippen molar-refractivity contribution in [2.75, 3.05) is 10.6 Å². The lowest BCUT2D eigenvalue weighted by atomic mass is 10.0. The van der Waals surface area contributed by atoms with Gasteiger partial charge in [-0.05, 0) is 121 Å². The van der Waals surface area contributed by atoms with Crippen LogP contribution in [0.25, 0.3) is 21.5 Å². The van der Waals surface area contributed by atoms with Gasteiger partial charge in [0.15, 0.2) is 23.0 Å². The van der Waals surface area contributed by atoms with E-state index < -0.39 is 35.3 Å². The van der Waals surface area contributed by atoms with Crippen LogP contribution in [0.5, 0.6) is 23.0 Å². The number of phenols is 2. The summed E-state index contributed by atoms with van der Waals surface area (Å²) < 4.78 is 11.0. The number of ether oxygens (including phenoxy) is 2. The molecule has 0 spiro atoms. The summed E-state index contributed by atoms with van der Waals surface area (Å²) in [6.45, 7) is 3.53. The van der Waals surface area contributed by atoms with Gasteiger partial charge in [0.1, 0.15) is 11.4 Å². The number of fused-ring (bicyclic) bond motifs is 2. The van der Waals surface area contributed by atoms with Crippen LogP contribution in [0, 0.1) is 13.8 Å². The first kappa shape index (κ1) is 50.3. The molecule has 0 unspecified atom stereocenters. The van der Waals surface area contributed by atoms with Gasteiger partial charge in [-0.3, -0.25) is 9.59 Å². The molecule has 9 aromatic rings. The molecule has 0 atom stereocenters. The quantitative estimate of drug-likeness (QED) is 0.0526. The van der Waals surface area contributed by atoms with Gasteiger partial charge in [0.2, 0.25) is 0 Å². The summed E-state index contributed by atoms with van der Waals surface area (Å²) in [6, 6.07) is 41.6. The molecule has 4 N–H and O–H groups in total. The minimum atomic E-state index is -0.716. The van der Waals surface area contributed by atoms with Crippen molar-refractivity contribution in [2.45, 2.75) is 13.8 Å². The standard InChI is InChI=1S/C56H36Cl4N6O8/c1-29-11-13-33(55(71)73-47-27-35(57)15-21-43(47)59)25-45(29)63-65-49-39-9-5-3-7-31(39)23-41(51(49)67)53(69)61-37-17-19-38(20-18-37)62-54(70)42-24-32-8-4-6-10-40(32)50(52(42)68)66-64-46-26-34(14-12-30(46)2)56(72)74-48-28-36(58)16-22-44(48)60/h3-28,67-68H,1-2H3,(H,61,69)(H,62,70). The lowest BCUT2D eigenvalue weighted by molar-refractivity contribution is 0.0725. The number of esters is 2. The van der Waals surface area contributed by atoms with E-state index in [9.17, 15) is 29.4 Å². The number of phenolic OH excluding ortho intramolecular Hbond substituents is 2. The van der Waals surface area contributed by atoms with E-state index >= 15 is 0 Å². The van der Waals surface area contributed by atoms with Crippen molar-refractivity contribution < 1.29 is 38.9 Å². The fraction of sp³-hybridized carbons (Fsp3) is 0.0357. The number of nitrogens with zero attached hydrogens (tertiary/aromatic N) is 4. The minimum Gasteiger partial charge on any atom is -0.505 e. The Labute approximate surface area is 441 Å². The van der Waals surface area contributed by atoms with Crippen LogP contribution in [0.4, 0.5) is 34.1 Å². The Balaban J connectivity index is 0.915. The van der Waals surface area contributed by atoms with E-state index in [4.69, 9.17) is 55.9 Å². The Hall–Kier alpha value is -8.66. The molecule has 9 rings (SSSR count). The number of carbonyl (C=O) groups excluding carboxylic acids is 4. The third-order valence-electron chi connectivity index (χ3n) is 11.5. The summed E-state index contributed by atoms with van der Waals surface area (Å²) >= 11 is 24.5. The van der Waals surface area contributed by atoms with Gasteiger partial charge in [-0.15, -0.1) is 10.2 Å². The highest BCUT2D eigenvalue weighted by Crippen LogP contribution is 2.42. The fourth-order valence-corrected chi connectivity index (χ4v) is 8.18. The molecule has 0 aliphatic rings.